The van der Waals surface area contributed by atoms with Gasteiger partial charge in [0.25, 0.3) is 0 Å². The Bertz CT molecular complexity index is 832. The van der Waals surface area contributed by atoms with E-state index in [1.807, 2.05) is 54.6 Å². The van der Waals surface area contributed by atoms with Gasteiger partial charge in [0.2, 0.25) is 5.91 Å². The largest absolute Gasteiger partial charge is 0.489 e. The highest BCUT2D eigenvalue weighted by Gasteiger charge is 2.30. The van der Waals surface area contributed by atoms with Crippen LogP contribution in [-0.2, 0) is 27.8 Å². The van der Waals surface area contributed by atoms with Crippen molar-refractivity contribution < 1.29 is 17.9 Å². The van der Waals surface area contributed by atoms with Gasteiger partial charge in [0.15, 0.2) is 9.84 Å². The average molecular weight is 375 g/mol. The van der Waals surface area contributed by atoms with Crippen LogP contribution in [0.1, 0.15) is 31.9 Å². The van der Waals surface area contributed by atoms with Crippen molar-refractivity contribution in [3.05, 3.63) is 65.7 Å². The summed E-state index contributed by atoms with van der Waals surface area (Å²) in [6, 6.07) is 17.2. The van der Waals surface area contributed by atoms with Gasteiger partial charge in [-0.1, -0.05) is 48.5 Å². The summed E-state index contributed by atoms with van der Waals surface area (Å²) < 4.78 is 30.1. The number of ether oxygens (including phenoxy) is 1. The molecule has 0 saturated carbocycles. The molecule has 0 aliphatic rings. The van der Waals surface area contributed by atoms with Crippen molar-refractivity contribution in [3.63, 3.8) is 0 Å². The molecule has 1 atom stereocenters. The minimum atomic E-state index is -3.48. The molecule has 2 aromatic rings. The zero-order valence-electron chi connectivity index (χ0n) is 15.3. The molecule has 1 N–H and O–H groups in total. The summed E-state index contributed by atoms with van der Waals surface area (Å²) in [7, 11) is -3.48. The molecule has 2 rings (SSSR count). The number of benzene rings is 2. The lowest BCUT2D eigenvalue weighted by Gasteiger charge is -2.17. The number of hydrogen-bond acceptors (Lipinski definition) is 4. The molecular formula is C20H25NO4S. The summed E-state index contributed by atoms with van der Waals surface area (Å²) in [5, 5.41) is 1.02. The number of amides is 1. The van der Waals surface area contributed by atoms with Crippen LogP contribution in [0.15, 0.2) is 54.6 Å². The maximum absolute atomic E-state index is 12.2. The first-order valence-electron chi connectivity index (χ1n) is 8.57. The van der Waals surface area contributed by atoms with Crippen LogP contribution in [0.4, 0.5) is 0 Å². The first-order chi connectivity index (χ1) is 12.3. The Morgan fingerprint density at radius 1 is 1.00 bits per heavy atom. The molecule has 0 bridgehead atoms. The Kier molecular flexibility index (Phi) is 6.80. The molecule has 0 fully saturated rings. The van der Waals surface area contributed by atoms with E-state index in [9.17, 15) is 13.2 Å². The van der Waals surface area contributed by atoms with Crippen LogP contribution in [0.2, 0.25) is 0 Å². The Labute approximate surface area is 155 Å². The van der Waals surface area contributed by atoms with Gasteiger partial charge in [-0.05, 0) is 32.4 Å². The van der Waals surface area contributed by atoms with Crippen LogP contribution in [-0.4, -0.2) is 24.8 Å². The number of carbonyl (C=O) groups is 1. The fourth-order valence-electron chi connectivity index (χ4n) is 2.41. The standard InChI is InChI=1S/C20H25NO4S/c1-15(2)26(23,24)16(3)20(22)21-13-18-11-7-8-12-19(18)25-14-17-9-5-4-6-10-17/h4-12,15-16H,13-14H2,1-3H3,(H,21,22)/t16-/m0/s1. The van der Waals surface area contributed by atoms with Gasteiger partial charge >= 0.3 is 0 Å². The molecule has 0 aromatic heterocycles. The molecule has 0 radical (unpaired) electrons. The number of carbonyl (C=O) groups excluding carboxylic acids is 1. The number of sulfone groups is 1. The summed E-state index contributed by atoms with van der Waals surface area (Å²) in [4.78, 5) is 12.2. The zero-order chi connectivity index (χ0) is 19.2. The van der Waals surface area contributed by atoms with E-state index in [0.717, 1.165) is 11.1 Å². The van der Waals surface area contributed by atoms with Crippen molar-refractivity contribution in [2.45, 2.75) is 44.4 Å². The van der Waals surface area contributed by atoms with Gasteiger partial charge in [0.05, 0.1) is 5.25 Å². The van der Waals surface area contributed by atoms with E-state index in [1.165, 1.54) is 6.92 Å². The molecule has 2 aromatic carbocycles. The summed E-state index contributed by atoms with van der Waals surface area (Å²) in [6.07, 6.45) is 0. The van der Waals surface area contributed by atoms with Crippen molar-refractivity contribution in [1.82, 2.24) is 5.32 Å². The second kappa shape index (κ2) is 8.85. The van der Waals surface area contributed by atoms with Crippen LogP contribution in [0.5, 0.6) is 5.75 Å². The van der Waals surface area contributed by atoms with Gasteiger partial charge in [-0.25, -0.2) is 8.42 Å². The molecule has 6 heteroatoms. The van der Waals surface area contributed by atoms with Crippen LogP contribution in [0.3, 0.4) is 0 Å². The summed E-state index contributed by atoms with van der Waals surface area (Å²) >= 11 is 0. The van der Waals surface area contributed by atoms with Gasteiger partial charge in [0, 0.05) is 12.1 Å². The molecule has 140 valence electrons. The number of para-hydroxylation sites is 1. The molecule has 0 spiro atoms. The predicted molar refractivity (Wildman–Crippen MR) is 103 cm³/mol. The molecule has 5 nitrogen and oxygen atoms in total. The number of hydrogen-bond donors (Lipinski definition) is 1. The van der Waals surface area contributed by atoms with Gasteiger partial charge in [0.1, 0.15) is 17.6 Å². The van der Waals surface area contributed by atoms with Crippen LogP contribution in [0, 0.1) is 0 Å². The second-order valence-electron chi connectivity index (χ2n) is 6.38. The maximum Gasteiger partial charge on any atom is 0.238 e. The Balaban J connectivity index is 2.01. The first kappa shape index (κ1) is 20.0. The van der Waals surface area contributed by atoms with E-state index in [2.05, 4.69) is 5.32 Å². The molecule has 0 aliphatic carbocycles. The molecule has 0 heterocycles. The van der Waals surface area contributed by atoms with Gasteiger partial charge in [-0.3, -0.25) is 4.79 Å². The lowest BCUT2D eigenvalue weighted by atomic mass is 10.2. The number of nitrogens with one attached hydrogen (secondary N) is 1. The molecule has 0 unspecified atom stereocenters. The monoisotopic (exact) mass is 375 g/mol. The van der Waals surface area contributed by atoms with E-state index in [-0.39, 0.29) is 6.54 Å². The lowest BCUT2D eigenvalue weighted by molar-refractivity contribution is -0.120. The zero-order valence-corrected chi connectivity index (χ0v) is 16.1. The van der Waals surface area contributed by atoms with Gasteiger partial charge < -0.3 is 10.1 Å². The molecule has 26 heavy (non-hydrogen) atoms. The third kappa shape index (κ3) is 5.08. The highest BCUT2D eigenvalue weighted by molar-refractivity contribution is 7.93. The molecule has 0 saturated heterocycles. The topological polar surface area (TPSA) is 72.5 Å². The fourth-order valence-corrected chi connectivity index (χ4v) is 3.61. The normalized spacial score (nSPS) is 12.6. The Hall–Kier alpha value is -2.34. The minimum absolute atomic E-state index is 0.210. The van der Waals surface area contributed by atoms with Crippen LogP contribution in [0.25, 0.3) is 0 Å². The smallest absolute Gasteiger partial charge is 0.238 e. The van der Waals surface area contributed by atoms with Gasteiger partial charge in [-0.15, -0.1) is 0 Å². The summed E-state index contributed by atoms with van der Waals surface area (Å²) in [5.74, 6) is 0.160. The quantitative estimate of drug-likeness (QED) is 0.769. The van der Waals surface area contributed by atoms with Crippen LogP contribution < -0.4 is 10.1 Å². The highest BCUT2D eigenvalue weighted by Crippen LogP contribution is 2.19. The maximum atomic E-state index is 12.2. The van der Waals surface area contributed by atoms with E-state index in [1.54, 1.807) is 13.8 Å². The van der Waals surface area contributed by atoms with Crippen molar-refractivity contribution in [2.24, 2.45) is 0 Å². The second-order valence-corrected chi connectivity index (χ2v) is 9.21. The molecule has 0 aliphatic heterocycles. The summed E-state index contributed by atoms with van der Waals surface area (Å²) in [5.41, 5.74) is 1.84. The van der Waals surface area contributed by atoms with Crippen molar-refractivity contribution >= 4 is 15.7 Å². The van der Waals surface area contributed by atoms with Crippen molar-refractivity contribution in [3.8, 4) is 5.75 Å². The van der Waals surface area contributed by atoms with Crippen molar-refractivity contribution in [1.29, 1.82) is 0 Å². The predicted octanol–water partition coefficient (Wildman–Crippen LogP) is 3.09. The van der Waals surface area contributed by atoms with Gasteiger partial charge in [-0.2, -0.15) is 0 Å². The highest BCUT2D eigenvalue weighted by atomic mass is 32.2. The van der Waals surface area contributed by atoms with Crippen LogP contribution >= 0.6 is 0 Å². The summed E-state index contributed by atoms with van der Waals surface area (Å²) in [6.45, 7) is 5.20. The third-order valence-electron chi connectivity index (χ3n) is 4.18. The molecular weight excluding hydrogens is 350 g/mol. The number of rotatable bonds is 8. The lowest BCUT2D eigenvalue weighted by Crippen LogP contribution is -2.40. The van der Waals surface area contributed by atoms with E-state index in [4.69, 9.17) is 4.74 Å². The van der Waals surface area contributed by atoms with Crippen molar-refractivity contribution in [2.75, 3.05) is 0 Å². The van der Waals surface area contributed by atoms with E-state index >= 15 is 0 Å². The van der Waals surface area contributed by atoms with E-state index < -0.39 is 26.2 Å². The first-order valence-corrected chi connectivity index (χ1v) is 10.2. The fraction of sp³-hybridized carbons (Fsp3) is 0.350. The third-order valence-corrected chi connectivity index (χ3v) is 6.70. The SMILES string of the molecule is CC(C)S(=O)(=O)[C@@H](C)C(=O)NCc1ccccc1OCc1ccccc1. The Morgan fingerprint density at radius 3 is 2.27 bits per heavy atom. The van der Waals surface area contributed by atoms with E-state index in [0.29, 0.717) is 12.4 Å². The molecule has 1 amide bonds. The Morgan fingerprint density at radius 2 is 1.62 bits per heavy atom. The average Bonchev–Trinajstić information content (AvgIpc) is 2.65. The minimum Gasteiger partial charge on any atom is -0.489 e.